The molecule has 0 fully saturated rings. The molecule has 5 heteroatoms. The molecular weight excluding hydrogens is 302 g/mol. The number of aliphatic carboxylic acids is 1. The van der Waals surface area contributed by atoms with Crippen molar-refractivity contribution in [3.05, 3.63) is 71.2 Å². The molecule has 1 N–H and O–H groups in total. The minimum atomic E-state index is -0.858. The van der Waals surface area contributed by atoms with Crippen molar-refractivity contribution in [3.63, 3.8) is 0 Å². The number of carboxylic acids is 1. The Balaban J connectivity index is 1.93. The lowest BCUT2D eigenvalue weighted by Crippen LogP contribution is -2.20. The average Bonchev–Trinajstić information content (AvgIpc) is 2.86. The smallest absolute Gasteiger partial charge is 0.309 e. The molecule has 124 valence electrons. The first-order chi connectivity index (χ1) is 11.5. The molecule has 5 nitrogen and oxygen atoms in total. The van der Waals surface area contributed by atoms with Gasteiger partial charge in [0.15, 0.2) is 0 Å². The zero-order chi connectivity index (χ0) is 17.1. The Morgan fingerprint density at radius 2 is 1.88 bits per heavy atom. The Morgan fingerprint density at radius 3 is 2.58 bits per heavy atom. The quantitative estimate of drug-likeness (QED) is 0.758. The van der Waals surface area contributed by atoms with Crippen LogP contribution in [0.5, 0.6) is 0 Å². The number of nitrogens with zero attached hydrogens (tertiary/aromatic N) is 3. The van der Waals surface area contributed by atoms with Gasteiger partial charge in [0, 0.05) is 18.8 Å². The molecule has 0 atom stereocenters. The molecule has 0 spiro atoms. The van der Waals surface area contributed by atoms with Crippen LogP contribution in [-0.2, 0) is 24.3 Å². The van der Waals surface area contributed by atoms with Crippen LogP contribution in [0.15, 0.2) is 48.5 Å². The van der Waals surface area contributed by atoms with Gasteiger partial charge in [0.05, 0.1) is 17.8 Å². The second-order valence-electron chi connectivity index (χ2n) is 6.09. The number of aromatic nitrogens is 2. The number of rotatable bonds is 6. The summed E-state index contributed by atoms with van der Waals surface area (Å²) in [5.74, 6) is -0.858. The topological polar surface area (TPSA) is 57.8 Å². The highest BCUT2D eigenvalue weighted by Crippen LogP contribution is 2.18. The molecule has 0 bridgehead atoms. The molecule has 0 amide bonds. The largest absolute Gasteiger partial charge is 0.481 e. The van der Waals surface area contributed by atoms with Crippen molar-refractivity contribution >= 4 is 11.6 Å². The first-order valence-electron chi connectivity index (χ1n) is 7.94. The normalized spacial score (nSPS) is 11.3. The van der Waals surface area contributed by atoms with E-state index in [0.717, 1.165) is 23.6 Å². The van der Waals surface area contributed by atoms with E-state index in [9.17, 15) is 9.90 Å². The molecule has 3 aromatic rings. The molecule has 2 heterocycles. The summed E-state index contributed by atoms with van der Waals surface area (Å²) in [6.07, 6.45) is -0.0599. The third kappa shape index (κ3) is 3.46. The van der Waals surface area contributed by atoms with Gasteiger partial charge < -0.3 is 5.11 Å². The molecule has 0 aliphatic carbocycles. The van der Waals surface area contributed by atoms with Crippen molar-refractivity contribution < 1.29 is 9.90 Å². The van der Waals surface area contributed by atoms with Crippen LogP contribution in [0.1, 0.15) is 22.6 Å². The van der Waals surface area contributed by atoms with Gasteiger partial charge in [-0.1, -0.05) is 36.4 Å². The van der Waals surface area contributed by atoms with Gasteiger partial charge in [-0.25, -0.2) is 4.98 Å². The standard InChI is InChI=1S/C19H21N3O2/c1-14-7-6-10-18-20-16(11-19(23)24)17(22(14)18)13-21(2)12-15-8-4-3-5-9-15/h3-10H,11-13H2,1-2H3,(H,23,24). The number of benzene rings is 1. The van der Waals surface area contributed by atoms with Crippen molar-refractivity contribution in [3.8, 4) is 0 Å². The number of fused-ring (bicyclic) bond motifs is 1. The molecule has 0 saturated heterocycles. The Kier molecular flexibility index (Phi) is 4.62. The predicted molar refractivity (Wildman–Crippen MR) is 92.9 cm³/mol. The lowest BCUT2D eigenvalue weighted by atomic mass is 10.2. The molecule has 3 rings (SSSR count). The van der Waals surface area contributed by atoms with E-state index in [-0.39, 0.29) is 6.42 Å². The molecule has 2 aromatic heterocycles. The lowest BCUT2D eigenvalue weighted by molar-refractivity contribution is -0.136. The number of aryl methyl sites for hydroxylation is 1. The third-order valence-corrected chi connectivity index (χ3v) is 4.05. The summed E-state index contributed by atoms with van der Waals surface area (Å²) < 4.78 is 2.06. The van der Waals surface area contributed by atoms with Gasteiger partial charge >= 0.3 is 5.97 Å². The highest BCUT2D eigenvalue weighted by molar-refractivity contribution is 5.70. The SMILES string of the molecule is Cc1cccc2nc(CC(=O)O)c(CN(C)Cc3ccccc3)n12. The molecule has 0 saturated carbocycles. The lowest BCUT2D eigenvalue weighted by Gasteiger charge is -2.18. The number of carbonyl (C=O) groups is 1. The van der Waals surface area contributed by atoms with Crippen LogP contribution in [0.4, 0.5) is 0 Å². The zero-order valence-corrected chi connectivity index (χ0v) is 13.9. The summed E-state index contributed by atoms with van der Waals surface area (Å²) in [6, 6.07) is 16.1. The second kappa shape index (κ2) is 6.84. The molecule has 24 heavy (non-hydrogen) atoms. The van der Waals surface area contributed by atoms with Crippen LogP contribution in [0.3, 0.4) is 0 Å². The molecule has 0 aliphatic heterocycles. The van der Waals surface area contributed by atoms with Crippen molar-refractivity contribution in [2.24, 2.45) is 0 Å². The van der Waals surface area contributed by atoms with E-state index in [0.29, 0.717) is 12.2 Å². The fourth-order valence-corrected chi connectivity index (χ4v) is 3.03. The van der Waals surface area contributed by atoms with E-state index in [4.69, 9.17) is 0 Å². The fourth-order valence-electron chi connectivity index (χ4n) is 3.03. The van der Waals surface area contributed by atoms with Crippen LogP contribution in [0, 0.1) is 6.92 Å². The minimum Gasteiger partial charge on any atom is -0.481 e. The minimum absolute atomic E-state index is 0.0599. The van der Waals surface area contributed by atoms with Crippen molar-refractivity contribution in [2.45, 2.75) is 26.4 Å². The van der Waals surface area contributed by atoms with Gasteiger partial charge in [0.2, 0.25) is 0 Å². The maximum absolute atomic E-state index is 11.2. The van der Waals surface area contributed by atoms with Gasteiger partial charge in [-0.2, -0.15) is 0 Å². The first-order valence-corrected chi connectivity index (χ1v) is 7.94. The molecule has 0 aliphatic rings. The number of imidazole rings is 1. The predicted octanol–water partition coefficient (Wildman–Crippen LogP) is 2.90. The van der Waals surface area contributed by atoms with Gasteiger partial charge in [-0.3, -0.25) is 14.1 Å². The molecular formula is C19H21N3O2. The first kappa shape index (κ1) is 16.2. The molecule has 0 radical (unpaired) electrons. The number of carboxylic acid groups (broad SMARTS) is 1. The van der Waals surface area contributed by atoms with Gasteiger partial charge in [-0.15, -0.1) is 0 Å². The van der Waals surface area contributed by atoms with E-state index in [2.05, 4.69) is 26.4 Å². The molecule has 1 aromatic carbocycles. The number of hydrogen-bond acceptors (Lipinski definition) is 3. The van der Waals surface area contributed by atoms with E-state index in [1.54, 1.807) is 0 Å². The van der Waals surface area contributed by atoms with E-state index < -0.39 is 5.97 Å². The number of pyridine rings is 1. The third-order valence-electron chi connectivity index (χ3n) is 4.05. The summed E-state index contributed by atoms with van der Waals surface area (Å²) >= 11 is 0. The van der Waals surface area contributed by atoms with E-state index in [1.807, 2.05) is 50.4 Å². The van der Waals surface area contributed by atoms with Crippen molar-refractivity contribution in [1.29, 1.82) is 0 Å². The van der Waals surface area contributed by atoms with Crippen LogP contribution in [0.25, 0.3) is 5.65 Å². The monoisotopic (exact) mass is 323 g/mol. The highest BCUT2D eigenvalue weighted by Gasteiger charge is 2.17. The van der Waals surface area contributed by atoms with Crippen LogP contribution in [-0.4, -0.2) is 32.4 Å². The maximum atomic E-state index is 11.2. The fraction of sp³-hybridized carbons (Fsp3) is 0.263. The Morgan fingerprint density at radius 1 is 1.12 bits per heavy atom. The average molecular weight is 323 g/mol. The van der Waals surface area contributed by atoms with Crippen molar-refractivity contribution in [1.82, 2.24) is 14.3 Å². The van der Waals surface area contributed by atoms with Crippen LogP contribution < -0.4 is 0 Å². The van der Waals surface area contributed by atoms with E-state index in [1.165, 1.54) is 5.56 Å². The molecule has 0 unspecified atom stereocenters. The summed E-state index contributed by atoms with van der Waals surface area (Å²) in [5, 5.41) is 9.19. The summed E-state index contributed by atoms with van der Waals surface area (Å²) in [5.41, 5.74) is 4.67. The Bertz CT molecular complexity index is 856. The summed E-state index contributed by atoms with van der Waals surface area (Å²) in [6.45, 7) is 3.45. The highest BCUT2D eigenvalue weighted by atomic mass is 16.4. The number of hydrogen-bond donors (Lipinski definition) is 1. The van der Waals surface area contributed by atoms with Crippen molar-refractivity contribution in [2.75, 3.05) is 7.05 Å². The zero-order valence-electron chi connectivity index (χ0n) is 13.9. The van der Waals surface area contributed by atoms with Gasteiger partial charge in [0.25, 0.3) is 0 Å². The van der Waals surface area contributed by atoms with E-state index >= 15 is 0 Å². The summed E-state index contributed by atoms with van der Waals surface area (Å²) in [4.78, 5) is 17.9. The van der Waals surface area contributed by atoms with Gasteiger partial charge in [-0.05, 0) is 31.7 Å². The summed E-state index contributed by atoms with van der Waals surface area (Å²) in [7, 11) is 2.04. The van der Waals surface area contributed by atoms with Crippen LogP contribution >= 0.6 is 0 Å². The Hall–Kier alpha value is -2.66. The second-order valence-corrected chi connectivity index (χ2v) is 6.09. The maximum Gasteiger partial charge on any atom is 0.309 e. The van der Waals surface area contributed by atoms with Gasteiger partial charge in [0.1, 0.15) is 5.65 Å². The van der Waals surface area contributed by atoms with Crippen LogP contribution in [0.2, 0.25) is 0 Å². The Labute approximate surface area is 141 Å².